The topological polar surface area (TPSA) is 113 Å². The molecule has 0 aromatic heterocycles. The summed E-state index contributed by atoms with van der Waals surface area (Å²) < 4.78 is 59.0. The van der Waals surface area contributed by atoms with Gasteiger partial charge in [-0.3, -0.25) is 9.10 Å². The van der Waals surface area contributed by atoms with Gasteiger partial charge in [0.25, 0.3) is 15.9 Å². The Morgan fingerprint density at radius 2 is 1.49 bits per heavy atom. The molecule has 0 saturated carbocycles. The number of nitrogens with zero attached hydrogens (tertiary/aromatic N) is 2. The van der Waals surface area contributed by atoms with Gasteiger partial charge in [0, 0.05) is 25.7 Å². The zero-order chi connectivity index (χ0) is 26.5. The van der Waals surface area contributed by atoms with E-state index in [1.165, 1.54) is 39.9 Å². The Morgan fingerprint density at radius 1 is 0.865 bits per heavy atom. The summed E-state index contributed by atoms with van der Waals surface area (Å²) in [6, 6.07) is 20.6. The first-order chi connectivity index (χ1) is 17.7. The molecule has 9 nitrogen and oxygen atoms in total. The van der Waals surface area contributed by atoms with Gasteiger partial charge in [-0.2, -0.15) is 4.31 Å². The molecular formula is C26H29N3O6S2. The molecule has 1 aliphatic heterocycles. The van der Waals surface area contributed by atoms with Crippen LogP contribution in [0.2, 0.25) is 0 Å². The second-order valence-electron chi connectivity index (χ2n) is 8.52. The van der Waals surface area contributed by atoms with E-state index in [1.54, 1.807) is 54.6 Å². The van der Waals surface area contributed by atoms with Crippen molar-refractivity contribution in [2.45, 2.75) is 22.6 Å². The lowest BCUT2D eigenvalue weighted by molar-refractivity contribution is 0.0947. The molecule has 0 unspecified atom stereocenters. The minimum absolute atomic E-state index is 0.183. The normalized spacial score (nSPS) is 14.3. The zero-order valence-electron chi connectivity index (χ0n) is 20.4. The quantitative estimate of drug-likeness (QED) is 0.393. The highest BCUT2D eigenvalue weighted by Crippen LogP contribution is 2.24. The van der Waals surface area contributed by atoms with Gasteiger partial charge < -0.3 is 10.1 Å². The summed E-state index contributed by atoms with van der Waals surface area (Å²) in [5.41, 5.74) is 0.810. The van der Waals surface area contributed by atoms with Crippen LogP contribution in [0.25, 0.3) is 0 Å². The third-order valence-corrected chi connectivity index (χ3v) is 9.79. The van der Waals surface area contributed by atoms with Crippen LogP contribution in [-0.4, -0.2) is 60.3 Å². The van der Waals surface area contributed by atoms with Gasteiger partial charge in [0.1, 0.15) is 12.4 Å². The Hall–Kier alpha value is -3.41. The average Bonchev–Trinajstić information content (AvgIpc) is 3.48. The van der Waals surface area contributed by atoms with Gasteiger partial charge >= 0.3 is 0 Å². The van der Waals surface area contributed by atoms with Gasteiger partial charge in [-0.1, -0.05) is 18.2 Å². The predicted molar refractivity (Wildman–Crippen MR) is 141 cm³/mol. The molecule has 1 saturated heterocycles. The van der Waals surface area contributed by atoms with Crippen molar-refractivity contribution < 1.29 is 26.4 Å². The molecule has 196 valence electrons. The molecule has 0 aliphatic carbocycles. The summed E-state index contributed by atoms with van der Waals surface area (Å²) in [6.07, 6.45) is 1.76. The monoisotopic (exact) mass is 543 g/mol. The smallest absolute Gasteiger partial charge is 0.264 e. The summed E-state index contributed by atoms with van der Waals surface area (Å²) in [6.45, 7) is 1.52. The van der Waals surface area contributed by atoms with Crippen molar-refractivity contribution in [3.05, 3.63) is 84.4 Å². The van der Waals surface area contributed by atoms with Crippen LogP contribution in [-0.2, 0) is 20.0 Å². The summed E-state index contributed by atoms with van der Waals surface area (Å²) in [7, 11) is -5.71. The van der Waals surface area contributed by atoms with Gasteiger partial charge in [-0.05, 0) is 73.5 Å². The molecule has 3 aromatic rings. The highest BCUT2D eigenvalue weighted by atomic mass is 32.2. The highest BCUT2D eigenvalue weighted by Gasteiger charge is 2.27. The van der Waals surface area contributed by atoms with Crippen LogP contribution in [0.5, 0.6) is 5.75 Å². The SMILES string of the molecule is CN(c1ccc(C(=O)NCCOc2ccc(S(=O)(=O)N3CCCC3)cc2)cc1)S(=O)(=O)c1ccccc1. The molecule has 0 radical (unpaired) electrons. The van der Waals surface area contributed by atoms with E-state index in [0.717, 1.165) is 12.8 Å². The molecule has 37 heavy (non-hydrogen) atoms. The Bertz CT molecular complexity index is 1420. The van der Waals surface area contributed by atoms with E-state index in [-0.39, 0.29) is 28.8 Å². The van der Waals surface area contributed by atoms with E-state index >= 15 is 0 Å². The van der Waals surface area contributed by atoms with Crippen molar-refractivity contribution in [3.8, 4) is 5.75 Å². The van der Waals surface area contributed by atoms with Crippen LogP contribution in [0.4, 0.5) is 5.69 Å². The molecule has 0 spiro atoms. The fourth-order valence-corrected chi connectivity index (χ4v) is 6.67. The molecule has 11 heteroatoms. The highest BCUT2D eigenvalue weighted by molar-refractivity contribution is 7.92. The van der Waals surface area contributed by atoms with Crippen LogP contribution in [0.15, 0.2) is 88.7 Å². The number of amides is 1. The fourth-order valence-electron chi connectivity index (χ4n) is 3.93. The minimum Gasteiger partial charge on any atom is -0.492 e. The molecule has 4 rings (SSSR count). The van der Waals surface area contributed by atoms with Gasteiger partial charge in [0.2, 0.25) is 10.0 Å². The number of hydrogen-bond acceptors (Lipinski definition) is 6. The van der Waals surface area contributed by atoms with Crippen LogP contribution in [0, 0.1) is 0 Å². The second-order valence-corrected chi connectivity index (χ2v) is 12.4. The minimum atomic E-state index is -3.70. The first kappa shape index (κ1) is 26.6. The van der Waals surface area contributed by atoms with E-state index in [0.29, 0.717) is 30.1 Å². The zero-order valence-corrected chi connectivity index (χ0v) is 22.0. The Labute approximate surface area is 217 Å². The summed E-state index contributed by atoms with van der Waals surface area (Å²) in [4.78, 5) is 12.9. The molecular weight excluding hydrogens is 514 g/mol. The van der Waals surface area contributed by atoms with Crippen LogP contribution < -0.4 is 14.4 Å². The van der Waals surface area contributed by atoms with E-state index < -0.39 is 20.0 Å². The van der Waals surface area contributed by atoms with Crippen molar-refractivity contribution in [2.75, 3.05) is 37.6 Å². The number of carbonyl (C=O) groups is 1. The first-order valence-corrected chi connectivity index (χ1v) is 14.7. The third-order valence-electron chi connectivity index (χ3n) is 6.08. The van der Waals surface area contributed by atoms with Crippen molar-refractivity contribution >= 4 is 31.6 Å². The average molecular weight is 544 g/mol. The Morgan fingerprint density at radius 3 is 2.11 bits per heavy atom. The van der Waals surface area contributed by atoms with E-state index in [9.17, 15) is 21.6 Å². The Balaban J connectivity index is 1.27. The van der Waals surface area contributed by atoms with E-state index in [2.05, 4.69) is 5.32 Å². The lowest BCUT2D eigenvalue weighted by Crippen LogP contribution is -2.29. The molecule has 1 aliphatic rings. The largest absolute Gasteiger partial charge is 0.492 e. The summed E-state index contributed by atoms with van der Waals surface area (Å²) in [5, 5.41) is 2.75. The summed E-state index contributed by atoms with van der Waals surface area (Å²) >= 11 is 0. The number of sulfonamides is 2. The molecule has 1 amide bonds. The number of hydrogen-bond donors (Lipinski definition) is 1. The van der Waals surface area contributed by atoms with Gasteiger partial charge in [0.05, 0.1) is 22.0 Å². The predicted octanol–water partition coefficient (Wildman–Crippen LogP) is 3.11. The lowest BCUT2D eigenvalue weighted by atomic mass is 10.2. The van der Waals surface area contributed by atoms with Crippen LogP contribution in [0.3, 0.4) is 0 Å². The number of carbonyl (C=O) groups excluding carboxylic acids is 1. The fraction of sp³-hybridized carbons (Fsp3) is 0.269. The third kappa shape index (κ3) is 6.12. The van der Waals surface area contributed by atoms with Crippen molar-refractivity contribution in [1.82, 2.24) is 9.62 Å². The standard InChI is InChI=1S/C26H29N3O6S2/c1-28(36(31,32)24-7-3-2-4-8-24)22-11-9-21(10-12-22)26(30)27-17-20-35-23-13-15-25(16-14-23)37(33,34)29-18-5-6-19-29/h2-4,7-16H,5-6,17-20H2,1H3,(H,27,30). The molecule has 1 N–H and O–H groups in total. The maximum atomic E-state index is 12.8. The molecule has 3 aromatic carbocycles. The van der Waals surface area contributed by atoms with Crippen molar-refractivity contribution in [1.29, 1.82) is 0 Å². The number of benzene rings is 3. The Kier molecular flexibility index (Phi) is 8.16. The number of nitrogens with one attached hydrogen (secondary N) is 1. The van der Waals surface area contributed by atoms with Crippen molar-refractivity contribution in [3.63, 3.8) is 0 Å². The second kappa shape index (κ2) is 11.3. The molecule has 0 atom stereocenters. The van der Waals surface area contributed by atoms with Gasteiger partial charge in [0.15, 0.2) is 0 Å². The van der Waals surface area contributed by atoms with Gasteiger partial charge in [-0.25, -0.2) is 16.8 Å². The van der Waals surface area contributed by atoms with Crippen LogP contribution in [0.1, 0.15) is 23.2 Å². The molecule has 1 fully saturated rings. The number of ether oxygens (including phenoxy) is 1. The molecule has 0 bridgehead atoms. The maximum absolute atomic E-state index is 12.8. The maximum Gasteiger partial charge on any atom is 0.264 e. The number of anilines is 1. The van der Waals surface area contributed by atoms with Crippen molar-refractivity contribution in [2.24, 2.45) is 0 Å². The molecule has 1 heterocycles. The number of rotatable bonds is 10. The van der Waals surface area contributed by atoms with Gasteiger partial charge in [-0.15, -0.1) is 0 Å². The lowest BCUT2D eigenvalue weighted by Gasteiger charge is -2.19. The van der Waals surface area contributed by atoms with E-state index in [1.807, 2.05) is 0 Å². The van der Waals surface area contributed by atoms with E-state index in [4.69, 9.17) is 4.74 Å². The summed E-state index contributed by atoms with van der Waals surface area (Å²) in [5.74, 6) is 0.178. The van der Waals surface area contributed by atoms with Crippen LogP contribution >= 0.6 is 0 Å². The first-order valence-electron chi connectivity index (χ1n) is 11.8.